The van der Waals surface area contributed by atoms with Crippen molar-refractivity contribution >= 4 is 33.4 Å². The minimum atomic E-state index is 0.519. The molecule has 0 saturated carbocycles. The van der Waals surface area contributed by atoms with Gasteiger partial charge in [-0.2, -0.15) is 5.10 Å². The minimum Gasteiger partial charge on any atom is -0.434 e. The zero-order valence-electron chi connectivity index (χ0n) is 9.69. The zero-order valence-corrected chi connectivity index (χ0v) is 11.3. The van der Waals surface area contributed by atoms with Gasteiger partial charge < -0.3 is 4.74 Å². The van der Waals surface area contributed by atoms with Gasteiger partial charge in [-0.3, -0.25) is 4.68 Å². The van der Waals surface area contributed by atoms with Crippen LogP contribution in [0.1, 0.15) is 0 Å². The van der Waals surface area contributed by atoms with Crippen molar-refractivity contribution in [3.8, 4) is 11.6 Å². The van der Waals surface area contributed by atoms with Crippen LogP contribution in [-0.2, 0) is 7.05 Å². The van der Waals surface area contributed by atoms with E-state index in [0.717, 1.165) is 9.04 Å². The standard InChI is InChI=1S/C10H9N5OS2/c1-15-4-6(3-13-15)16-9-7-8(11-5-12-9)14-10(17-2)18-7/h3-5H,1-2H3. The van der Waals surface area contributed by atoms with Crippen molar-refractivity contribution in [3.63, 3.8) is 0 Å². The van der Waals surface area contributed by atoms with Gasteiger partial charge in [-0.15, -0.1) is 11.3 Å². The molecule has 0 aliphatic carbocycles. The summed E-state index contributed by atoms with van der Waals surface area (Å²) in [5.74, 6) is 1.17. The summed E-state index contributed by atoms with van der Waals surface area (Å²) in [6, 6.07) is 0. The Morgan fingerprint density at radius 1 is 1.39 bits per heavy atom. The van der Waals surface area contributed by atoms with Crippen LogP contribution < -0.4 is 4.74 Å². The van der Waals surface area contributed by atoms with Crippen molar-refractivity contribution in [2.24, 2.45) is 7.05 Å². The van der Waals surface area contributed by atoms with Crippen molar-refractivity contribution in [1.29, 1.82) is 0 Å². The predicted octanol–water partition coefficient (Wildman–Crippen LogP) is 2.33. The highest BCUT2D eigenvalue weighted by Gasteiger charge is 2.12. The van der Waals surface area contributed by atoms with E-state index in [-0.39, 0.29) is 0 Å². The van der Waals surface area contributed by atoms with Gasteiger partial charge in [0, 0.05) is 7.05 Å². The second-order valence-corrected chi connectivity index (χ2v) is 5.52. The molecule has 0 fully saturated rings. The highest BCUT2D eigenvalue weighted by Crippen LogP contribution is 2.33. The summed E-state index contributed by atoms with van der Waals surface area (Å²) in [5, 5.41) is 4.05. The maximum Gasteiger partial charge on any atom is 0.242 e. The van der Waals surface area contributed by atoms with Crippen LogP contribution in [0.2, 0.25) is 0 Å². The molecule has 92 valence electrons. The van der Waals surface area contributed by atoms with E-state index in [4.69, 9.17) is 4.74 Å². The van der Waals surface area contributed by atoms with Crippen LogP contribution in [0.3, 0.4) is 0 Å². The van der Waals surface area contributed by atoms with Crippen LogP contribution in [0.5, 0.6) is 11.6 Å². The van der Waals surface area contributed by atoms with E-state index >= 15 is 0 Å². The number of ether oxygens (including phenoxy) is 1. The highest BCUT2D eigenvalue weighted by molar-refractivity contribution is 8.00. The van der Waals surface area contributed by atoms with E-state index in [9.17, 15) is 0 Å². The van der Waals surface area contributed by atoms with E-state index in [1.54, 1.807) is 28.8 Å². The maximum absolute atomic E-state index is 5.70. The third-order valence-corrected chi connectivity index (χ3v) is 4.23. The van der Waals surface area contributed by atoms with Crippen LogP contribution in [0.4, 0.5) is 0 Å². The molecule has 6 nitrogen and oxygen atoms in total. The molecule has 0 radical (unpaired) electrons. The van der Waals surface area contributed by atoms with Crippen molar-refractivity contribution in [1.82, 2.24) is 24.7 Å². The lowest BCUT2D eigenvalue weighted by Crippen LogP contribution is -1.89. The van der Waals surface area contributed by atoms with Crippen molar-refractivity contribution in [2.75, 3.05) is 6.26 Å². The lowest BCUT2D eigenvalue weighted by atomic mass is 10.5. The lowest BCUT2D eigenvalue weighted by Gasteiger charge is -2.00. The summed E-state index contributed by atoms with van der Waals surface area (Å²) in [7, 11) is 1.83. The Bertz CT molecular complexity index is 692. The average molecular weight is 279 g/mol. The molecule has 0 amide bonds. The second-order valence-electron chi connectivity index (χ2n) is 3.47. The van der Waals surface area contributed by atoms with E-state index in [0.29, 0.717) is 17.3 Å². The number of aryl methyl sites for hydroxylation is 1. The molecule has 0 saturated heterocycles. The number of thiazole rings is 1. The fraction of sp³-hybridized carbons (Fsp3) is 0.200. The van der Waals surface area contributed by atoms with Crippen LogP contribution in [0, 0.1) is 0 Å². The second kappa shape index (κ2) is 4.54. The molecule has 0 aliphatic heterocycles. The Hall–Kier alpha value is -1.67. The molecule has 8 heteroatoms. The Morgan fingerprint density at radius 3 is 3.00 bits per heavy atom. The summed E-state index contributed by atoms with van der Waals surface area (Å²) >= 11 is 3.11. The molecule has 3 heterocycles. The number of fused-ring (bicyclic) bond motifs is 1. The van der Waals surface area contributed by atoms with E-state index in [1.807, 2.05) is 13.3 Å². The first-order chi connectivity index (χ1) is 8.76. The number of hydrogen-bond donors (Lipinski definition) is 0. The van der Waals surface area contributed by atoms with E-state index < -0.39 is 0 Å². The SMILES string of the molecule is CSc1nc2ncnc(Oc3cnn(C)c3)c2s1. The highest BCUT2D eigenvalue weighted by atomic mass is 32.2. The Kier molecular flexibility index (Phi) is 2.88. The van der Waals surface area contributed by atoms with Crippen molar-refractivity contribution in [3.05, 3.63) is 18.7 Å². The first-order valence-corrected chi connectivity index (χ1v) is 7.12. The molecule has 0 atom stereocenters. The number of hydrogen-bond acceptors (Lipinski definition) is 7. The molecule has 0 N–H and O–H groups in total. The molecule has 0 unspecified atom stereocenters. The average Bonchev–Trinajstić information content (AvgIpc) is 2.96. The molecule has 0 spiro atoms. The van der Waals surface area contributed by atoms with E-state index in [2.05, 4.69) is 20.1 Å². The molecule has 3 aromatic rings. The summed E-state index contributed by atoms with van der Waals surface area (Å²) < 4.78 is 9.17. The van der Waals surface area contributed by atoms with Crippen LogP contribution in [0.25, 0.3) is 10.3 Å². The number of thioether (sulfide) groups is 1. The molecule has 0 bridgehead atoms. The monoisotopic (exact) mass is 279 g/mol. The normalized spacial score (nSPS) is 11.0. The van der Waals surface area contributed by atoms with Crippen LogP contribution >= 0.6 is 23.1 Å². The molecule has 0 aromatic carbocycles. The Morgan fingerprint density at radius 2 is 2.28 bits per heavy atom. The predicted molar refractivity (Wildman–Crippen MR) is 70.3 cm³/mol. The van der Waals surface area contributed by atoms with E-state index in [1.165, 1.54) is 17.7 Å². The van der Waals surface area contributed by atoms with Gasteiger partial charge in [0.25, 0.3) is 0 Å². The summed E-state index contributed by atoms with van der Waals surface area (Å²) in [4.78, 5) is 12.6. The number of nitrogens with zero attached hydrogens (tertiary/aromatic N) is 5. The smallest absolute Gasteiger partial charge is 0.242 e. The first-order valence-electron chi connectivity index (χ1n) is 5.08. The van der Waals surface area contributed by atoms with Gasteiger partial charge in [0.1, 0.15) is 11.0 Å². The van der Waals surface area contributed by atoms with Crippen LogP contribution in [0.15, 0.2) is 23.1 Å². The first kappa shape index (κ1) is 11.4. The Labute approximate surface area is 111 Å². The molecular weight excluding hydrogens is 270 g/mol. The van der Waals surface area contributed by atoms with Gasteiger partial charge in [0.2, 0.25) is 5.88 Å². The van der Waals surface area contributed by atoms with Gasteiger partial charge >= 0.3 is 0 Å². The van der Waals surface area contributed by atoms with Gasteiger partial charge in [0.05, 0.1) is 12.4 Å². The third-order valence-electron chi connectivity index (χ3n) is 2.21. The van der Waals surface area contributed by atoms with Crippen molar-refractivity contribution < 1.29 is 4.74 Å². The zero-order chi connectivity index (χ0) is 12.5. The Balaban J connectivity index is 2.03. The molecule has 3 rings (SSSR count). The summed E-state index contributed by atoms with van der Waals surface area (Å²) in [6.45, 7) is 0. The topological polar surface area (TPSA) is 65.7 Å². The molecule has 0 aliphatic rings. The van der Waals surface area contributed by atoms with Gasteiger partial charge in [-0.1, -0.05) is 11.8 Å². The largest absolute Gasteiger partial charge is 0.434 e. The van der Waals surface area contributed by atoms with Crippen molar-refractivity contribution in [2.45, 2.75) is 4.34 Å². The summed E-state index contributed by atoms with van der Waals surface area (Å²) in [6.07, 6.45) is 6.86. The lowest BCUT2D eigenvalue weighted by molar-refractivity contribution is 0.468. The maximum atomic E-state index is 5.70. The van der Waals surface area contributed by atoms with Gasteiger partial charge in [-0.25, -0.2) is 15.0 Å². The van der Waals surface area contributed by atoms with Crippen LogP contribution in [-0.4, -0.2) is 31.0 Å². The number of aromatic nitrogens is 5. The quantitative estimate of drug-likeness (QED) is 0.686. The number of rotatable bonds is 3. The molecule has 18 heavy (non-hydrogen) atoms. The van der Waals surface area contributed by atoms with Gasteiger partial charge in [-0.05, 0) is 6.26 Å². The fourth-order valence-corrected chi connectivity index (χ4v) is 2.88. The minimum absolute atomic E-state index is 0.519. The molecular formula is C10H9N5OS2. The summed E-state index contributed by atoms with van der Waals surface area (Å²) in [5.41, 5.74) is 0.665. The third kappa shape index (κ3) is 2.04. The molecule has 3 aromatic heterocycles. The fourth-order valence-electron chi connectivity index (χ4n) is 1.44. The van der Waals surface area contributed by atoms with Gasteiger partial charge in [0.15, 0.2) is 15.7 Å².